The van der Waals surface area contributed by atoms with Crippen molar-refractivity contribution < 1.29 is 14.8 Å². The molecule has 0 aliphatic carbocycles. The van der Waals surface area contributed by atoms with E-state index in [0.29, 0.717) is 16.5 Å². The van der Waals surface area contributed by atoms with E-state index in [2.05, 4.69) is 4.98 Å². The second-order valence-electron chi connectivity index (χ2n) is 3.65. The Morgan fingerprint density at radius 1 is 1.47 bits per heavy atom. The molecule has 0 spiro atoms. The summed E-state index contributed by atoms with van der Waals surface area (Å²) < 4.78 is 0. The van der Waals surface area contributed by atoms with Crippen LogP contribution in [-0.2, 0) is 6.42 Å². The summed E-state index contributed by atoms with van der Waals surface area (Å²) in [6.45, 7) is -0.207. The molecular formula is C11H10N2O4. The van der Waals surface area contributed by atoms with E-state index in [-0.39, 0.29) is 18.5 Å². The van der Waals surface area contributed by atoms with E-state index < -0.39 is 10.9 Å². The number of hydrogen-bond donors (Lipinski definition) is 2. The van der Waals surface area contributed by atoms with Gasteiger partial charge in [0.25, 0.3) is 0 Å². The molecule has 0 bridgehead atoms. The highest BCUT2D eigenvalue weighted by Gasteiger charge is 2.14. The molecule has 0 unspecified atom stereocenters. The molecule has 6 heteroatoms. The zero-order valence-corrected chi connectivity index (χ0v) is 8.84. The molecule has 2 aromatic rings. The van der Waals surface area contributed by atoms with Gasteiger partial charge in [-0.2, -0.15) is 0 Å². The van der Waals surface area contributed by atoms with Gasteiger partial charge in [-0.3, -0.25) is 10.1 Å². The summed E-state index contributed by atoms with van der Waals surface area (Å²) in [6, 6.07) is 4.88. The van der Waals surface area contributed by atoms with Crippen molar-refractivity contribution in [2.45, 2.75) is 6.42 Å². The first kappa shape index (κ1) is 11.1. The quantitative estimate of drug-likeness (QED) is 0.621. The Morgan fingerprint density at radius 3 is 2.88 bits per heavy atom. The van der Waals surface area contributed by atoms with Crippen LogP contribution in [0.2, 0.25) is 0 Å². The van der Waals surface area contributed by atoms with Crippen molar-refractivity contribution in [2.75, 3.05) is 6.54 Å². The molecule has 0 aliphatic heterocycles. The Kier molecular flexibility index (Phi) is 2.78. The Morgan fingerprint density at radius 2 is 2.24 bits per heavy atom. The molecule has 17 heavy (non-hydrogen) atoms. The standard InChI is InChI=1S/C11H10N2O4/c14-11(15)8-2-1-3-9-10(8)7(6-12-9)4-5-13(16)17/h1-3,6,12H,4-5H2,(H,14,15). The molecule has 0 atom stereocenters. The Bertz CT molecular complexity index is 588. The molecule has 1 heterocycles. The molecule has 0 saturated carbocycles. The number of nitrogens with zero attached hydrogens (tertiary/aromatic N) is 1. The molecule has 0 aliphatic rings. The minimum atomic E-state index is -1.03. The number of nitro groups is 1. The monoisotopic (exact) mass is 234 g/mol. The molecule has 2 N–H and O–H groups in total. The summed E-state index contributed by atoms with van der Waals surface area (Å²) in [6.07, 6.45) is 1.85. The van der Waals surface area contributed by atoms with Crippen molar-refractivity contribution in [3.05, 3.63) is 45.6 Å². The Balaban J connectivity index is 2.49. The summed E-state index contributed by atoms with van der Waals surface area (Å²) in [7, 11) is 0. The predicted molar refractivity (Wildman–Crippen MR) is 60.8 cm³/mol. The first-order valence-corrected chi connectivity index (χ1v) is 5.03. The average Bonchev–Trinajstić information content (AvgIpc) is 2.69. The zero-order valence-electron chi connectivity index (χ0n) is 8.84. The molecule has 0 radical (unpaired) electrons. The van der Waals surface area contributed by atoms with Crippen LogP contribution in [0.25, 0.3) is 10.9 Å². The van der Waals surface area contributed by atoms with Gasteiger partial charge in [-0.25, -0.2) is 4.79 Å². The highest BCUT2D eigenvalue weighted by atomic mass is 16.6. The van der Waals surface area contributed by atoms with Crippen LogP contribution in [0.3, 0.4) is 0 Å². The van der Waals surface area contributed by atoms with Crippen LogP contribution in [0, 0.1) is 10.1 Å². The van der Waals surface area contributed by atoms with E-state index >= 15 is 0 Å². The molecule has 2 rings (SSSR count). The van der Waals surface area contributed by atoms with Gasteiger partial charge in [-0.15, -0.1) is 0 Å². The Labute approximate surface area is 96.0 Å². The van der Waals surface area contributed by atoms with E-state index in [0.717, 1.165) is 0 Å². The van der Waals surface area contributed by atoms with Crippen molar-refractivity contribution >= 4 is 16.9 Å². The average molecular weight is 234 g/mol. The van der Waals surface area contributed by atoms with Crippen LogP contribution >= 0.6 is 0 Å². The van der Waals surface area contributed by atoms with Crippen molar-refractivity contribution in [2.24, 2.45) is 0 Å². The molecule has 1 aromatic heterocycles. The van der Waals surface area contributed by atoms with Gasteiger partial charge in [0.05, 0.1) is 5.56 Å². The predicted octanol–water partition coefficient (Wildman–Crippen LogP) is 1.69. The third-order valence-corrected chi connectivity index (χ3v) is 2.58. The van der Waals surface area contributed by atoms with E-state index in [1.54, 1.807) is 18.3 Å². The van der Waals surface area contributed by atoms with Crippen LogP contribution in [0.15, 0.2) is 24.4 Å². The van der Waals surface area contributed by atoms with Crippen molar-refractivity contribution in [1.82, 2.24) is 4.98 Å². The number of aromatic nitrogens is 1. The number of carboxylic acid groups (broad SMARTS) is 1. The molecular weight excluding hydrogens is 224 g/mol. The number of H-pyrrole nitrogens is 1. The van der Waals surface area contributed by atoms with E-state index in [9.17, 15) is 14.9 Å². The lowest BCUT2D eigenvalue weighted by molar-refractivity contribution is -0.479. The van der Waals surface area contributed by atoms with Crippen LogP contribution in [0.5, 0.6) is 0 Å². The molecule has 6 nitrogen and oxygen atoms in total. The fourth-order valence-corrected chi connectivity index (χ4v) is 1.84. The molecule has 0 amide bonds. The highest BCUT2D eigenvalue weighted by molar-refractivity contribution is 6.04. The maximum Gasteiger partial charge on any atom is 0.336 e. The van der Waals surface area contributed by atoms with Crippen LogP contribution in [-0.4, -0.2) is 27.5 Å². The third kappa shape index (κ3) is 2.10. The largest absolute Gasteiger partial charge is 0.478 e. The lowest BCUT2D eigenvalue weighted by Gasteiger charge is -2.00. The molecule has 88 valence electrons. The SMILES string of the molecule is O=C(O)c1cccc2[nH]cc(CC[N+](=O)[O-])c12. The van der Waals surface area contributed by atoms with Gasteiger partial charge in [0.15, 0.2) is 0 Å². The van der Waals surface area contributed by atoms with Gasteiger partial charge >= 0.3 is 5.97 Å². The number of carboxylic acids is 1. The van der Waals surface area contributed by atoms with E-state index in [1.807, 2.05) is 0 Å². The zero-order chi connectivity index (χ0) is 12.4. The van der Waals surface area contributed by atoms with E-state index in [4.69, 9.17) is 5.11 Å². The first-order valence-electron chi connectivity index (χ1n) is 5.03. The van der Waals surface area contributed by atoms with Crippen molar-refractivity contribution in [3.63, 3.8) is 0 Å². The van der Waals surface area contributed by atoms with Gasteiger partial charge in [0.1, 0.15) is 0 Å². The summed E-state index contributed by atoms with van der Waals surface area (Å²) in [5.41, 5.74) is 1.51. The number of fused-ring (bicyclic) bond motifs is 1. The first-order chi connectivity index (χ1) is 8.09. The number of aromatic carboxylic acids is 1. The smallest absolute Gasteiger partial charge is 0.336 e. The maximum absolute atomic E-state index is 11.1. The lowest BCUT2D eigenvalue weighted by atomic mass is 10.0. The fourth-order valence-electron chi connectivity index (χ4n) is 1.84. The highest BCUT2D eigenvalue weighted by Crippen LogP contribution is 2.23. The van der Waals surface area contributed by atoms with Crippen LogP contribution in [0.4, 0.5) is 0 Å². The Hall–Kier alpha value is -2.37. The summed E-state index contributed by atoms with van der Waals surface area (Å²) in [4.78, 5) is 23.9. The topological polar surface area (TPSA) is 96.2 Å². The summed E-state index contributed by atoms with van der Waals surface area (Å²) >= 11 is 0. The number of benzene rings is 1. The lowest BCUT2D eigenvalue weighted by Crippen LogP contribution is -2.04. The van der Waals surface area contributed by atoms with Crippen LogP contribution < -0.4 is 0 Å². The number of nitrogens with one attached hydrogen (secondary N) is 1. The van der Waals surface area contributed by atoms with E-state index in [1.165, 1.54) is 6.07 Å². The van der Waals surface area contributed by atoms with Gasteiger partial charge < -0.3 is 10.1 Å². The van der Waals surface area contributed by atoms with Crippen molar-refractivity contribution in [1.29, 1.82) is 0 Å². The van der Waals surface area contributed by atoms with Gasteiger partial charge in [0.2, 0.25) is 6.54 Å². The van der Waals surface area contributed by atoms with Gasteiger partial charge in [-0.05, 0) is 17.7 Å². The van der Waals surface area contributed by atoms with Gasteiger partial charge in [-0.1, -0.05) is 6.07 Å². The normalized spacial score (nSPS) is 10.6. The minimum Gasteiger partial charge on any atom is -0.478 e. The fraction of sp³-hybridized carbons (Fsp3) is 0.182. The third-order valence-electron chi connectivity index (χ3n) is 2.58. The minimum absolute atomic E-state index is 0.169. The molecule has 1 aromatic carbocycles. The van der Waals surface area contributed by atoms with Crippen LogP contribution in [0.1, 0.15) is 15.9 Å². The van der Waals surface area contributed by atoms with Crippen molar-refractivity contribution in [3.8, 4) is 0 Å². The number of carbonyl (C=O) groups is 1. The maximum atomic E-state index is 11.1. The number of aromatic amines is 1. The summed E-state index contributed by atoms with van der Waals surface area (Å²) in [5, 5.41) is 19.9. The summed E-state index contributed by atoms with van der Waals surface area (Å²) in [5.74, 6) is -1.03. The molecule has 0 saturated heterocycles. The number of hydrogen-bond acceptors (Lipinski definition) is 3. The number of rotatable bonds is 4. The van der Waals surface area contributed by atoms with Gasteiger partial charge in [0, 0.05) is 28.4 Å². The second-order valence-corrected chi connectivity index (χ2v) is 3.65. The molecule has 0 fully saturated rings. The second kappa shape index (κ2) is 4.25.